The number of anilines is 3. The molecule has 0 aliphatic carbocycles. The van der Waals surface area contributed by atoms with Crippen molar-refractivity contribution in [1.29, 1.82) is 5.26 Å². The second-order valence-electron chi connectivity index (χ2n) is 6.13. The summed E-state index contributed by atoms with van der Waals surface area (Å²) in [6.45, 7) is 0. The standard InChI is InChI=1S/C24H18N2/c25-18-17-19-15-16-24(23-14-8-7-13-22(19)23)26(20-9-3-1-4-10-20)21-11-5-2-6-12-21/h1-16H,17H2. The van der Waals surface area contributed by atoms with Gasteiger partial charge in [0.05, 0.1) is 18.2 Å². The third-order valence-corrected chi connectivity index (χ3v) is 4.53. The lowest BCUT2D eigenvalue weighted by Crippen LogP contribution is -2.10. The Balaban J connectivity index is 1.98. The Morgan fingerprint density at radius 2 is 1.15 bits per heavy atom. The largest absolute Gasteiger partial charge is 0.310 e. The minimum absolute atomic E-state index is 0.414. The molecule has 0 heterocycles. The Hall–Kier alpha value is -3.57. The Kier molecular flexibility index (Phi) is 4.37. The fourth-order valence-corrected chi connectivity index (χ4v) is 3.36. The van der Waals surface area contributed by atoms with Crippen LogP contribution in [0.1, 0.15) is 5.56 Å². The van der Waals surface area contributed by atoms with Gasteiger partial charge < -0.3 is 4.90 Å². The molecule has 0 radical (unpaired) electrons. The third-order valence-electron chi connectivity index (χ3n) is 4.53. The maximum Gasteiger partial charge on any atom is 0.0669 e. The molecule has 0 unspecified atom stereocenters. The lowest BCUT2D eigenvalue weighted by molar-refractivity contribution is 1.26. The minimum Gasteiger partial charge on any atom is -0.310 e. The monoisotopic (exact) mass is 334 g/mol. The molecule has 0 aromatic heterocycles. The van der Waals surface area contributed by atoms with Gasteiger partial charge in [-0.2, -0.15) is 5.26 Å². The van der Waals surface area contributed by atoms with Gasteiger partial charge >= 0.3 is 0 Å². The van der Waals surface area contributed by atoms with Gasteiger partial charge in [-0.15, -0.1) is 0 Å². The number of nitriles is 1. The Morgan fingerprint density at radius 1 is 0.615 bits per heavy atom. The molecule has 0 spiro atoms. The first-order valence-corrected chi connectivity index (χ1v) is 8.66. The molecule has 2 heteroatoms. The summed E-state index contributed by atoms with van der Waals surface area (Å²) in [5.74, 6) is 0. The normalized spacial score (nSPS) is 10.4. The van der Waals surface area contributed by atoms with Crippen LogP contribution in [0.25, 0.3) is 10.8 Å². The predicted octanol–water partition coefficient (Wildman–Crippen LogP) is 6.38. The van der Waals surface area contributed by atoms with Crippen molar-refractivity contribution in [2.24, 2.45) is 0 Å². The number of hydrogen-bond donors (Lipinski definition) is 0. The van der Waals surface area contributed by atoms with Gasteiger partial charge in [-0.1, -0.05) is 66.7 Å². The van der Waals surface area contributed by atoms with Crippen molar-refractivity contribution in [2.75, 3.05) is 4.90 Å². The van der Waals surface area contributed by atoms with Crippen LogP contribution < -0.4 is 4.90 Å². The molecule has 124 valence electrons. The van der Waals surface area contributed by atoms with E-state index in [1.165, 1.54) is 0 Å². The SMILES string of the molecule is N#CCc1ccc(N(c2ccccc2)c2ccccc2)c2ccccc12. The van der Waals surface area contributed by atoms with E-state index >= 15 is 0 Å². The van der Waals surface area contributed by atoms with E-state index in [9.17, 15) is 0 Å². The molecule has 0 fully saturated rings. The number of nitrogens with zero attached hydrogens (tertiary/aromatic N) is 2. The highest BCUT2D eigenvalue weighted by atomic mass is 15.1. The van der Waals surface area contributed by atoms with Gasteiger partial charge in [-0.3, -0.25) is 0 Å². The Bertz CT molecular complexity index is 1020. The zero-order valence-electron chi connectivity index (χ0n) is 14.3. The molecule has 26 heavy (non-hydrogen) atoms. The zero-order chi connectivity index (χ0) is 17.8. The van der Waals surface area contributed by atoms with E-state index in [4.69, 9.17) is 5.26 Å². The van der Waals surface area contributed by atoms with Crippen LogP contribution in [-0.2, 0) is 6.42 Å². The molecular formula is C24H18N2. The van der Waals surface area contributed by atoms with Crippen LogP contribution in [-0.4, -0.2) is 0 Å². The fraction of sp³-hybridized carbons (Fsp3) is 0.0417. The van der Waals surface area contributed by atoms with E-state index in [2.05, 4.69) is 89.8 Å². The lowest BCUT2D eigenvalue weighted by Gasteiger charge is -2.27. The molecule has 0 saturated heterocycles. The highest BCUT2D eigenvalue weighted by Crippen LogP contribution is 2.39. The van der Waals surface area contributed by atoms with Crippen molar-refractivity contribution in [2.45, 2.75) is 6.42 Å². The molecule has 0 amide bonds. The molecule has 2 nitrogen and oxygen atoms in total. The van der Waals surface area contributed by atoms with E-state index in [-0.39, 0.29) is 0 Å². The van der Waals surface area contributed by atoms with Gasteiger partial charge in [0, 0.05) is 16.8 Å². The molecule has 4 aromatic rings. The summed E-state index contributed by atoms with van der Waals surface area (Å²) in [7, 11) is 0. The van der Waals surface area contributed by atoms with Gasteiger partial charge in [0.15, 0.2) is 0 Å². The van der Waals surface area contributed by atoms with Gasteiger partial charge in [-0.25, -0.2) is 0 Å². The highest BCUT2D eigenvalue weighted by Gasteiger charge is 2.15. The lowest BCUT2D eigenvalue weighted by atomic mass is 10.00. The van der Waals surface area contributed by atoms with E-state index in [1.54, 1.807) is 0 Å². The average Bonchev–Trinajstić information content (AvgIpc) is 2.71. The number of rotatable bonds is 4. The maximum atomic E-state index is 9.15. The molecular weight excluding hydrogens is 316 g/mol. The van der Waals surface area contributed by atoms with E-state index in [0.29, 0.717) is 6.42 Å². The summed E-state index contributed by atoms with van der Waals surface area (Å²) in [5.41, 5.74) is 4.39. The topological polar surface area (TPSA) is 27.0 Å². The highest BCUT2D eigenvalue weighted by molar-refractivity contribution is 6.00. The van der Waals surface area contributed by atoms with Crippen molar-refractivity contribution in [3.05, 3.63) is 103 Å². The molecule has 0 bridgehead atoms. The first-order chi connectivity index (χ1) is 12.9. The predicted molar refractivity (Wildman–Crippen MR) is 108 cm³/mol. The quantitative estimate of drug-likeness (QED) is 0.433. The van der Waals surface area contributed by atoms with E-state index < -0.39 is 0 Å². The van der Waals surface area contributed by atoms with Crippen molar-refractivity contribution < 1.29 is 0 Å². The van der Waals surface area contributed by atoms with Crippen LogP contribution in [0.2, 0.25) is 0 Å². The molecule has 0 saturated carbocycles. The number of para-hydroxylation sites is 2. The molecule has 4 aromatic carbocycles. The zero-order valence-corrected chi connectivity index (χ0v) is 14.3. The Morgan fingerprint density at radius 3 is 1.73 bits per heavy atom. The van der Waals surface area contributed by atoms with Gasteiger partial charge in [0.25, 0.3) is 0 Å². The molecule has 0 aliphatic heterocycles. The van der Waals surface area contributed by atoms with Crippen molar-refractivity contribution in [3.63, 3.8) is 0 Å². The third kappa shape index (κ3) is 2.92. The van der Waals surface area contributed by atoms with Crippen molar-refractivity contribution in [1.82, 2.24) is 0 Å². The Labute approximate surface area is 153 Å². The van der Waals surface area contributed by atoms with E-state index in [0.717, 1.165) is 33.4 Å². The molecule has 0 aliphatic rings. The molecule has 4 rings (SSSR count). The van der Waals surface area contributed by atoms with Gasteiger partial charge in [0.2, 0.25) is 0 Å². The summed E-state index contributed by atoms with van der Waals surface area (Å²) in [5, 5.41) is 11.4. The summed E-state index contributed by atoms with van der Waals surface area (Å²) in [4.78, 5) is 2.26. The van der Waals surface area contributed by atoms with Crippen molar-refractivity contribution in [3.8, 4) is 6.07 Å². The van der Waals surface area contributed by atoms with Crippen LogP contribution in [0, 0.1) is 11.3 Å². The minimum atomic E-state index is 0.414. The summed E-state index contributed by atoms with van der Waals surface area (Å²) in [6.07, 6.45) is 0.414. The smallest absolute Gasteiger partial charge is 0.0669 e. The second kappa shape index (κ2) is 7.13. The number of benzene rings is 4. The summed E-state index contributed by atoms with van der Waals surface area (Å²) < 4.78 is 0. The van der Waals surface area contributed by atoms with Gasteiger partial charge in [-0.05, 0) is 41.3 Å². The first kappa shape index (κ1) is 15.9. The fourth-order valence-electron chi connectivity index (χ4n) is 3.36. The van der Waals surface area contributed by atoms with Crippen LogP contribution in [0.15, 0.2) is 97.1 Å². The van der Waals surface area contributed by atoms with Gasteiger partial charge in [0.1, 0.15) is 0 Å². The number of hydrogen-bond acceptors (Lipinski definition) is 2. The van der Waals surface area contributed by atoms with E-state index in [1.807, 2.05) is 18.2 Å². The van der Waals surface area contributed by atoms with Crippen molar-refractivity contribution >= 4 is 27.8 Å². The van der Waals surface area contributed by atoms with Crippen LogP contribution >= 0.6 is 0 Å². The number of fused-ring (bicyclic) bond motifs is 1. The summed E-state index contributed by atoms with van der Waals surface area (Å²) >= 11 is 0. The average molecular weight is 334 g/mol. The van der Waals surface area contributed by atoms with Crippen LogP contribution in [0.3, 0.4) is 0 Å². The second-order valence-corrected chi connectivity index (χ2v) is 6.13. The molecule has 0 N–H and O–H groups in total. The maximum absolute atomic E-state index is 9.15. The van der Waals surface area contributed by atoms with Crippen LogP contribution in [0.4, 0.5) is 17.1 Å². The molecule has 0 atom stereocenters. The first-order valence-electron chi connectivity index (χ1n) is 8.66. The van der Waals surface area contributed by atoms with Crippen LogP contribution in [0.5, 0.6) is 0 Å². The summed E-state index contributed by atoms with van der Waals surface area (Å²) in [6, 6.07) is 35.5.